The molecule has 0 amide bonds. The average molecular weight is 300 g/mol. The topological polar surface area (TPSA) is 46.2 Å². The molecule has 0 atom stereocenters. The highest BCUT2D eigenvalue weighted by Gasteiger charge is 2.33. The van der Waals surface area contributed by atoms with E-state index in [9.17, 15) is 9.59 Å². The highest BCUT2D eigenvalue weighted by atomic mass is 35.5. The summed E-state index contributed by atoms with van der Waals surface area (Å²) in [4.78, 5) is 25.4. The monoisotopic (exact) mass is 299 g/mol. The third-order valence-electron chi connectivity index (χ3n) is 3.47. The van der Waals surface area contributed by atoms with Crippen LogP contribution in [0.3, 0.4) is 0 Å². The lowest BCUT2D eigenvalue weighted by atomic mass is 9.83. The Morgan fingerprint density at radius 2 is 1.48 bits per heavy atom. The molecule has 3 nitrogen and oxygen atoms in total. The number of ketones is 2. The third kappa shape index (κ3) is 2.14. The van der Waals surface area contributed by atoms with Crippen LogP contribution in [0.1, 0.15) is 45.7 Å². The first-order valence-corrected chi connectivity index (χ1v) is 7.16. The zero-order valence-electron chi connectivity index (χ0n) is 11.7. The molecule has 3 rings (SSSR count). The van der Waals surface area contributed by atoms with Gasteiger partial charge in [0.25, 0.3) is 0 Å². The van der Waals surface area contributed by atoms with Gasteiger partial charge in [0, 0.05) is 22.9 Å². The van der Waals surface area contributed by atoms with Gasteiger partial charge in [-0.2, -0.15) is 0 Å². The quantitative estimate of drug-likeness (QED) is 0.779. The minimum Gasteiger partial charge on any atom is -0.382 e. The number of halogens is 1. The van der Waals surface area contributed by atoms with E-state index in [2.05, 4.69) is 5.32 Å². The molecule has 21 heavy (non-hydrogen) atoms. The molecular weight excluding hydrogens is 286 g/mol. The summed E-state index contributed by atoms with van der Waals surface area (Å²) in [7, 11) is 0. The maximum Gasteiger partial charge on any atom is 0.196 e. The number of nitrogens with one attached hydrogen (secondary N) is 1. The van der Waals surface area contributed by atoms with E-state index >= 15 is 0 Å². The summed E-state index contributed by atoms with van der Waals surface area (Å²) in [6, 6.07) is 10.4. The molecule has 2 aromatic rings. The second-order valence-electron chi connectivity index (χ2n) is 5.35. The zero-order valence-corrected chi connectivity index (χ0v) is 12.5. The molecule has 0 fully saturated rings. The summed E-state index contributed by atoms with van der Waals surface area (Å²) in [6.07, 6.45) is 0. The van der Waals surface area contributed by atoms with Crippen LogP contribution in [0.2, 0.25) is 5.02 Å². The van der Waals surface area contributed by atoms with Crippen molar-refractivity contribution in [3.05, 3.63) is 63.7 Å². The van der Waals surface area contributed by atoms with Crippen LogP contribution < -0.4 is 5.32 Å². The minimum absolute atomic E-state index is 0.148. The minimum atomic E-state index is -0.197. The zero-order chi connectivity index (χ0) is 15.1. The molecule has 1 aliphatic carbocycles. The van der Waals surface area contributed by atoms with Crippen LogP contribution in [0.5, 0.6) is 0 Å². The van der Waals surface area contributed by atoms with E-state index in [4.69, 9.17) is 11.6 Å². The summed E-state index contributed by atoms with van der Waals surface area (Å²) in [5, 5.41) is 3.52. The van der Waals surface area contributed by atoms with Gasteiger partial charge in [0.1, 0.15) is 0 Å². The number of benzene rings is 2. The van der Waals surface area contributed by atoms with Crippen molar-refractivity contribution < 1.29 is 9.59 Å². The van der Waals surface area contributed by atoms with Crippen molar-refractivity contribution in [2.75, 3.05) is 5.32 Å². The molecule has 0 aliphatic heterocycles. The molecule has 0 spiro atoms. The van der Waals surface area contributed by atoms with Gasteiger partial charge in [-0.05, 0) is 26.0 Å². The van der Waals surface area contributed by atoms with Gasteiger partial charge in [0.05, 0.1) is 16.1 Å². The predicted octanol–water partition coefficient (Wildman–Crippen LogP) is 3.94. The largest absolute Gasteiger partial charge is 0.382 e. The van der Waals surface area contributed by atoms with Crippen LogP contribution >= 0.6 is 11.6 Å². The maximum absolute atomic E-state index is 12.8. The molecule has 4 heteroatoms. The van der Waals surface area contributed by atoms with Crippen molar-refractivity contribution in [3.63, 3.8) is 0 Å². The average Bonchev–Trinajstić information content (AvgIpc) is 2.46. The van der Waals surface area contributed by atoms with Crippen LogP contribution in [0.25, 0.3) is 0 Å². The van der Waals surface area contributed by atoms with Crippen molar-refractivity contribution in [1.82, 2.24) is 0 Å². The Balaban J connectivity index is 2.29. The lowest BCUT2D eigenvalue weighted by molar-refractivity contribution is 0.0979. The first-order valence-electron chi connectivity index (χ1n) is 6.78. The first-order chi connectivity index (χ1) is 10.0. The number of hydrogen-bond donors (Lipinski definition) is 1. The van der Waals surface area contributed by atoms with Gasteiger partial charge in [0.15, 0.2) is 11.6 Å². The Morgan fingerprint density at radius 1 is 0.905 bits per heavy atom. The van der Waals surface area contributed by atoms with E-state index in [-0.39, 0.29) is 17.6 Å². The second kappa shape index (κ2) is 5.01. The van der Waals surface area contributed by atoms with Crippen molar-refractivity contribution >= 4 is 28.9 Å². The van der Waals surface area contributed by atoms with Gasteiger partial charge in [-0.1, -0.05) is 35.9 Å². The van der Waals surface area contributed by atoms with E-state index in [1.54, 1.807) is 36.4 Å². The fourth-order valence-electron chi connectivity index (χ4n) is 2.61. The molecular formula is C17H14ClNO2. The van der Waals surface area contributed by atoms with Crippen molar-refractivity contribution in [2.24, 2.45) is 0 Å². The van der Waals surface area contributed by atoms with Gasteiger partial charge in [-0.25, -0.2) is 0 Å². The standard InChI is InChI=1S/C17H14ClNO2/c1-9(2)19-13-8-7-12(18)14-15(13)17(21)11-6-4-3-5-10(11)16(14)20/h3-9,19H,1-2H3. The Labute approximate surface area is 127 Å². The number of rotatable bonds is 2. The van der Waals surface area contributed by atoms with Crippen LogP contribution in [-0.2, 0) is 0 Å². The molecule has 106 valence electrons. The van der Waals surface area contributed by atoms with E-state index < -0.39 is 0 Å². The highest BCUT2D eigenvalue weighted by Crippen LogP contribution is 2.36. The molecule has 2 aromatic carbocycles. The fourth-order valence-corrected chi connectivity index (χ4v) is 2.86. The van der Waals surface area contributed by atoms with Gasteiger partial charge in [0.2, 0.25) is 0 Å². The van der Waals surface area contributed by atoms with Gasteiger partial charge in [-0.15, -0.1) is 0 Å². The third-order valence-corrected chi connectivity index (χ3v) is 3.78. The van der Waals surface area contributed by atoms with Crippen molar-refractivity contribution in [1.29, 1.82) is 0 Å². The molecule has 0 bridgehead atoms. The second-order valence-corrected chi connectivity index (χ2v) is 5.76. The summed E-state index contributed by atoms with van der Waals surface area (Å²) < 4.78 is 0. The van der Waals surface area contributed by atoms with Gasteiger partial charge >= 0.3 is 0 Å². The molecule has 0 heterocycles. The summed E-state index contributed by atoms with van der Waals surface area (Å²) in [5.41, 5.74) is 2.17. The SMILES string of the molecule is CC(C)Nc1ccc(Cl)c2c1C(=O)c1ccccc1C2=O. The lowest BCUT2D eigenvalue weighted by Gasteiger charge is -2.22. The molecule has 0 radical (unpaired) electrons. The number of carbonyl (C=O) groups excluding carboxylic acids is 2. The van der Waals surface area contributed by atoms with Crippen LogP contribution in [-0.4, -0.2) is 17.6 Å². The molecule has 1 aliphatic rings. The Bertz CT molecular complexity index is 765. The Morgan fingerprint density at radius 3 is 2.05 bits per heavy atom. The first kappa shape index (κ1) is 13.8. The van der Waals surface area contributed by atoms with Crippen LogP contribution in [0.4, 0.5) is 5.69 Å². The summed E-state index contributed by atoms with van der Waals surface area (Å²) in [6.45, 7) is 3.95. The summed E-state index contributed by atoms with van der Waals surface area (Å²) >= 11 is 6.18. The van der Waals surface area contributed by atoms with E-state index in [1.807, 2.05) is 13.8 Å². The lowest BCUT2D eigenvalue weighted by Crippen LogP contribution is -2.24. The molecule has 0 saturated heterocycles. The van der Waals surface area contributed by atoms with Crippen LogP contribution in [0.15, 0.2) is 36.4 Å². The van der Waals surface area contributed by atoms with Crippen molar-refractivity contribution in [3.8, 4) is 0 Å². The number of hydrogen-bond acceptors (Lipinski definition) is 3. The van der Waals surface area contributed by atoms with E-state index in [0.29, 0.717) is 33.0 Å². The number of anilines is 1. The number of carbonyl (C=O) groups is 2. The van der Waals surface area contributed by atoms with Crippen LogP contribution in [0, 0.1) is 0 Å². The van der Waals surface area contributed by atoms with Crippen molar-refractivity contribution in [2.45, 2.75) is 19.9 Å². The maximum atomic E-state index is 12.8. The Hall–Kier alpha value is -2.13. The molecule has 0 saturated carbocycles. The van der Waals surface area contributed by atoms with E-state index in [1.165, 1.54) is 0 Å². The molecule has 1 N–H and O–H groups in total. The number of fused-ring (bicyclic) bond motifs is 2. The normalized spacial score (nSPS) is 13.1. The van der Waals surface area contributed by atoms with E-state index in [0.717, 1.165) is 0 Å². The Kier molecular flexibility index (Phi) is 3.30. The van der Waals surface area contributed by atoms with Gasteiger partial charge in [-0.3, -0.25) is 9.59 Å². The molecule has 0 unspecified atom stereocenters. The summed E-state index contributed by atoms with van der Waals surface area (Å²) in [5.74, 6) is -0.358. The van der Waals surface area contributed by atoms with Gasteiger partial charge < -0.3 is 5.32 Å². The smallest absolute Gasteiger partial charge is 0.196 e. The highest BCUT2D eigenvalue weighted by molar-refractivity contribution is 6.39. The fraction of sp³-hybridized carbons (Fsp3) is 0.176. The predicted molar refractivity (Wildman–Crippen MR) is 83.5 cm³/mol. The molecule has 0 aromatic heterocycles.